The largest absolute Gasteiger partial charge is 0.364 e. The van der Waals surface area contributed by atoms with Crippen molar-refractivity contribution in [3.8, 4) is 0 Å². The van der Waals surface area contributed by atoms with E-state index in [-0.39, 0.29) is 24.0 Å². The average Bonchev–Trinajstić information content (AvgIpc) is 3.08. The van der Waals surface area contributed by atoms with E-state index in [0.29, 0.717) is 39.3 Å². The molecule has 0 spiro atoms. The molecule has 2 saturated heterocycles. The SMILES string of the molecule is CCN(CC)CC(=O)N1CCN(C(=O)[C@@H]2CC[C@H](CN)O2)CC1. The first-order valence-corrected chi connectivity index (χ1v) is 8.73. The van der Waals surface area contributed by atoms with Gasteiger partial charge in [-0.05, 0) is 25.9 Å². The van der Waals surface area contributed by atoms with Crippen molar-refractivity contribution < 1.29 is 14.3 Å². The average molecular weight is 326 g/mol. The van der Waals surface area contributed by atoms with Crippen molar-refractivity contribution in [3.63, 3.8) is 0 Å². The zero-order valence-corrected chi connectivity index (χ0v) is 14.4. The van der Waals surface area contributed by atoms with E-state index in [2.05, 4.69) is 18.7 Å². The molecule has 2 heterocycles. The predicted octanol–water partition coefficient (Wildman–Crippen LogP) is -0.495. The van der Waals surface area contributed by atoms with Crippen LogP contribution in [0.4, 0.5) is 0 Å². The van der Waals surface area contributed by atoms with Crippen LogP contribution < -0.4 is 5.73 Å². The first kappa shape index (κ1) is 18.2. The molecule has 0 aromatic rings. The third-order valence-corrected chi connectivity index (χ3v) is 4.84. The normalized spacial score (nSPS) is 25.2. The molecule has 0 bridgehead atoms. The van der Waals surface area contributed by atoms with Crippen molar-refractivity contribution in [2.24, 2.45) is 5.73 Å². The Labute approximate surface area is 138 Å². The first-order valence-electron chi connectivity index (χ1n) is 8.73. The summed E-state index contributed by atoms with van der Waals surface area (Å²) >= 11 is 0. The van der Waals surface area contributed by atoms with Gasteiger partial charge in [-0.1, -0.05) is 13.8 Å². The summed E-state index contributed by atoms with van der Waals surface area (Å²) in [5, 5.41) is 0. The van der Waals surface area contributed by atoms with Gasteiger partial charge in [-0.25, -0.2) is 0 Å². The fraction of sp³-hybridized carbons (Fsp3) is 0.875. The van der Waals surface area contributed by atoms with Crippen LogP contribution in [0, 0.1) is 0 Å². The number of carbonyl (C=O) groups is 2. The van der Waals surface area contributed by atoms with E-state index in [1.54, 1.807) is 0 Å². The lowest BCUT2D eigenvalue weighted by atomic mass is 10.1. The number of piperazine rings is 1. The summed E-state index contributed by atoms with van der Waals surface area (Å²) in [7, 11) is 0. The number of carbonyl (C=O) groups excluding carboxylic acids is 2. The van der Waals surface area contributed by atoms with Crippen molar-refractivity contribution in [1.82, 2.24) is 14.7 Å². The number of hydrogen-bond donors (Lipinski definition) is 1. The summed E-state index contributed by atoms with van der Waals surface area (Å²) in [5.41, 5.74) is 5.59. The molecule has 7 heteroatoms. The summed E-state index contributed by atoms with van der Waals surface area (Å²) < 4.78 is 5.68. The van der Waals surface area contributed by atoms with Crippen LogP contribution in [0.25, 0.3) is 0 Å². The molecule has 132 valence electrons. The molecule has 2 aliphatic rings. The minimum absolute atomic E-state index is 0.0147. The smallest absolute Gasteiger partial charge is 0.251 e. The van der Waals surface area contributed by atoms with Gasteiger partial charge in [0.25, 0.3) is 5.91 Å². The second kappa shape index (κ2) is 8.61. The van der Waals surface area contributed by atoms with Crippen LogP contribution >= 0.6 is 0 Å². The summed E-state index contributed by atoms with van der Waals surface area (Å²) in [5.74, 6) is 0.206. The van der Waals surface area contributed by atoms with Crippen LogP contribution in [0.5, 0.6) is 0 Å². The molecule has 2 N–H and O–H groups in total. The van der Waals surface area contributed by atoms with E-state index >= 15 is 0 Å². The maximum Gasteiger partial charge on any atom is 0.251 e. The third-order valence-electron chi connectivity index (χ3n) is 4.84. The Bertz CT molecular complexity index is 406. The molecule has 0 aromatic heterocycles. The standard InChI is InChI=1S/C16H30N4O3/c1-3-18(4-2)12-15(21)19-7-9-20(10-8-19)16(22)14-6-5-13(11-17)23-14/h13-14H,3-12,17H2,1-2H3/t13-,14+/m1/s1. The van der Waals surface area contributed by atoms with Crippen molar-refractivity contribution in [3.05, 3.63) is 0 Å². The molecular weight excluding hydrogens is 296 g/mol. The second-order valence-electron chi connectivity index (χ2n) is 6.23. The Morgan fingerprint density at radius 1 is 1.09 bits per heavy atom. The Morgan fingerprint density at radius 2 is 1.70 bits per heavy atom. The van der Waals surface area contributed by atoms with Crippen LogP contribution in [0.1, 0.15) is 26.7 Å². The van der Waals surface area contributed by atoms with E-state index < -0.39 is 0 Å². The molecule has 2 atom stereocenters. The van der Waals surface area contributed by atoms with Gasteiger partial charge in [0.1, 0.15) is 6.10 Å². The highest BCUT2D eigenvalue weighted by atomic mass is 16.5. The second-order valence-corrected chi connectivity index (χ2v) is 6.23. The lowest BCUT2D eigenvalue weighted by molar-refractivity contribution is -0.147. The number of ether oxygens (including phenoxy) is 1. The molecule has 2 fully saturated rings. The molecule has 2 aliphatic heterocycles. The van der Waals surface area contributed by atoms with Gasteiger partial charge in [0.15, 0.2) is 0 Å². The molecular formula is C16H30N4O3. The van der Waals surface area contributed by atoms with Crippen molar-refractivity contribution in [2.75, 3.05) is 52.4 Å². The van der Waals surface area contributed by atoms with E-state index in [1.165, 1.54) is 0 Å². The molecule has 2 amide bonds. The van der Waals surface area contributed by atoms with Crippen molar-refractivity contribution in [1.29, 1.82) is 0 Å². The van der Waals surface area contributed by atoms with Gasteiger partial charge in [0.05, 0.1) is 12.6 Å². The Balaban J connectivity index is 1.77. The van der Waals surface area contributed by atoms with E-state index in [4.69, 9.17) is 10.5 Å². The quantitative estimate of drug-likeness (QED) is 0.712. The fourth-order valence-corrected chi connectivity index (χ4v) is 3.18. The highest BCUT2D eigenvalue weighted by molar-refractivity contribution is 5.82. The number of nitrogens with zero attached hydrogens (tertiary/aromatic N) is 3. The van der Waals surface area contributed by atoms with Crippen molar-refractivity contribution in [2.45, 2.75) is 38.9 Å². The van der Waals surface area contributed by atoms with E-state index in [1.807, 2.05) is 9.80 Å². The lowest BCUT2D eigenvalue weighted by Crippen LogP contribution is -2.54. The monoisotopic (exact) mass is 326 g/mol. The fourth-order valence-electron chi connectivity index (χ4n) is 3.18. The zero-order valence-electron chi connectivity index (χ0n) is 14.4. The van der Waals surface area contributed by atoms with E-state index in [0.717, 1.165) is 25.9 Å². The maximum absolute atomic E-state index is 12.5. The number of nitrogens with two attached hydrogens (primary N) is 1. The van der Waals surface area contributed by atoms with Gasteiger partial charge in [0, 0.05) is 32.7 Å². The number of amides is 2. The van der Waals surface area contributed by atoms with Gasteiger partial charge < -0.3 is 20.3 Å². The van der Waals surface area contributed by atoms with E-state index in [9.17, 15) is 9.59 Å². The van der Waals surface area contributed by atoms with Gasteiger partial charge in [-0.3, -0.25) is 14.5 Å². The van der Waals surface area contributed by atoms with Crippen molar-refractivity contribution >= 4 is 11.8 Å². The molecule has 0 aliphatic carbocycles. The highest BCUT2D eigenvalue weighted by Gasteiger charge is 2.34. The Morgan fingerprint density at radius 3 is 2.22 bits per heavy atom. The molecule has 0 aromatic carbocycles. The molecule has 0 unspecified atom stereocenters. The number of hydrogen-bond acceptors (Lipinski definition) is 5. The van der Waals surface area contributed by atoms with Crippen LogP contribution in [0.2, 0.25) is 0 Å². The van der Waals surface area contributed by atoms with Crippen LogP contribution in [-0.4, -0.2) is 91.1 Å². The summed E-state index contributed by atoms with van der Waals surface area (Å²) in [6, 6.07) is 0. The van der Waals surface area contributed by atoms with Gasteiger partial charge in [0.2, 0.25) is 5.91 Å². The molecule has 0 radical (unpaired) electrons. The topological polar surface area (TPSA) is 79.1 Å². The summed E-state index contributed by atoms with van der Waals surface area (Å²) in [6.45, 7) is 9.21. The zero-order chi connectivity index (χ0) is 16.8. The number of rotatable bonds is 6. The molecule has 0 saturated carbocycles. The minimum atomic E-state index is -0.346. The number of likely N-dealkylation sites (N-methyl/N-ethyl adjacent to an activating group) is 1. The van der Waals surface area contributed by atoms with Gasteiger partial charge >= 0.3 is 0 Å². The van der Waals surface area contributed by atoms with Gasteiger partial charge in [-0.15, -0.1) is 0 Å². The maximum atomic E-state index is 12.5. The Kier molecular flexibility index (Phi) is 6.80. The third kappa shape index (κ3) is 4.65. The minimum Gasteiger partial charge on any atom is -0.364 e. The first-order chi connectivity index (χ1) is 11.1. The van der Waals surface area contributed by atoms with Gasteiger partial charge in [-0.2, -0.15) is 0 Å². The van der Waals surface area contributed by atoms with Crippen LogP contribution in [-0.2, 0) is 14.3 Å². The highest BCUT2D eigenvalue weighted by Crippen LogP contribution is 2.21. The lowest BCUT2D eigenvalue weighted by Gasteiger charge is -2.36. The molecule has 7 nitrogen and oxygen atoms in total. The summed E-state index contributed by atoms with van der Waals surface area (Å²) in [4.78, 5) is 30.5. The Hall–Kier alpha value is -1.18. The van der Waals surface area contributed by atoms with Crippen LogP contribution in [0.15, 0.2) is 0 Å². The molecule has 2 rings (SSSR count). The predicted molar refractivity (Wildman–Crippen MR) is 87.9 cm³/mol. The molecule has 23 heavy (non-hydrogen) atoms. The van der Waals surface area contributed by atoms with Crippen LogP contribution in [0.3, 0.4) is 0 Å². The summed E-state index contributed by atoms with van der Waals surface area (Å²) in [6.07, 6.45) is 1.28.